The molecule has 1 rings (SSSR count). The van der Waals surface area contributed by atoms with Gasteiger partial charge in [-0.25, -0.2) is 4.79 Å². The largest absolute Gasteiger partial charge is 0.464 e. The Morgan fingerprint density at radius 3 is 2.24 bits per heavy atom. The summed E-state index contributed by atoms with van der Waals surface area (Å²) in [6, 6.07) is -1.68. The maximum atomic E-state index is 13.4. The molecule has 0 aromatic rings. The summed E-state index contributed by atoms with van der Waals surface area (Å²) in [5.41, 5.74) is 0. The SMILES string of the molecule is CCCCCCCC1CCCCCC(C(=O)N(C)C)C[C@@H](C(=O)OCC)NC(=O)[C@H](CC(C)C)NC1=O. The molecule has 1 aliphatic rings. The monoisotopic (exact) mass is 523 g/mol. The van der Waals surface area contributed by atoms with Gasteiger partial charge in [0.1, 0.15) is 12.1 Å². The molecule has 0 bridgehead atoms. The van der Waals surface area contributed by atoms with Crippen LogP contribution >= 0.6 is 0 Å². The van der Waals surface area contributed by atoms with E-state index in [-0.39, 0.29) is 42.6 Å². The predicted octanol–water partition coefficient (Wildman–Crippen LogP) is 4.60. The average Bonchev–Trinajstić information content (AvgIpc) is 2.83. The van der Waals surface area contributed by atoms with Gasteiger partial charge >= 0.3 is 5.97 Å². The van der Waals surface area contributed by atoms with Gasteiger partial charge in [-0.05, 0) is 44.9 Å². The van der Waals surface area contributed by atoms with Crippen LogP contribution in [0.2, 0.25) is 0 Å². The Morgan fingerprint density at radius 2 is 1.62 bits per heavy atom. The van der Waals surface area contributed by atoms with Crippen molar-refractivity contribution in [2.45, 2.75) is 123 Å². The maximum absolute atomic E-state index is 13.4. The molecule has 0 aromatic heterocycles. The van der Waals surface area contributed by atoms with Crippen molar-refractivity contribution < 1.29 is 23.9 Å². The van der Waals surface area contributed by atoms with E-state index in [9.17, 15) is 19.2 Å². The lowest BCUT2D eigenvalue weighted by atomic mass is 9.89. The first-order valence-corrected chi connectivity index (χ1v) is 14.6. The highest BCUT2D eigenvalue weighted by Crippen LogP contribution is 2.23. The zero-order valence-corrected chi connectivity index (χ0v) is 24.3. The number of esters is 1. The highest BCUT2D eigenvalue weighted by Gasteiger charge is 2.33. The van der Waals surface area contributed by atoms with Crippen LogP contribution in [-0.4, -0.2) is 61.4 Å². The Morgan fingerprint density at radius 1 is 0.946 bits per heavy atom. The standard InChI is InChI=1S/C29H53N3O5/c1-7-9-10-11-13-16-22-17-14-12-15-18-23(28(35)32(5)6)20-25(29(36)37-8-2)31-27(34)24(19-21(3)4)30-26(22)33/h21-25H,7-20H2,1-6H3,(H,30,33)(H,31,34)/t22?,23?,24-,25-/m0/s1. The van der Waals surface area contributed by atoms with Gasteiger partial charge in [-0.15, -0.1) is 0 Å². The second kappa shape index (κ2) is 18.2. The fourth-order valence-electron chi connectivity index (χ4n) is 5.07. The third kappa shape index (κ3) is 12.8. The highest BCUT2D eigenvalue weighted by molar-refractivity contribution is 5.91. The zero-order valence-electron chi connectivity index (χ0n) is 24.3. The number of ether oxygens (including phenoxy) is 1. The molecular formula is C29H53N3O5. The van der Waals surface area contributed by atoms with Gasteiger partial charge < -0.3 is 20.3 Å². The van der Waals surface area contributed by atoms with Crippen LogP contribution in [0.25, 0.3) is 0 Å². The summed E-state index contributed by atoms with van der Waals surface area (Å²) in [6.07, 6.45) is 11.2. The number of nitrogens with zero attached hydrogens (tertiary/aromatic N) is 1. The summed E-state index contributed by atoms with van der Waals surface area (Å²) in [7, 11) is 3.43. The Kier molecular flexibility index (Phi) is 16.2. The molecular weight excluding hydrogens is 470 g/mol. The number of unbranched alkanes of at least 4 members (excludes halogenated alkanes) is 4. The summed E-state index contributed by atoms with van der Waals surface area (Å²) < 4.78 is 5.25. The van der Waals surface area contributed by atoms with Crippen LogP contribution in [0.4, 0.5) is 0 Å². The van der Waals surface area contributed by atoms with Gasteiger partial charge in [-0.3, -0.25) is 14.4 Å². The predicted molar refractivity (Wildman–Crippen MR) is 147 cm³/mol. The molecule has 0 aliphatic carbocycles. The third-order valence-electron chi connectivity index (χ3n) is 7.17. The van der Waals surface area contributed by atoms with Crippen LogP contribution in [0.5, 0.6) is 0 Å². The van der Waals surface area contributed by atoms with Gasteiger partial charge in [-0.2, -0.15) is 0 Å². The first-order chi connectivity index (χ1) is 17.6. The summed E-state index contributed by atoms with van der Waals surface area (Å²) in [5.74, 6) is -1.40. The number of hydrogen-bond acceptors (Lipinski definition) is 5. The van der Waals surface area contributed by atoms with Crippen LogP contribution in [-0.2, 0) is 23.9 Å². The molecule has 1 heterocycles. The average molecular weight is 524 g/mol. The van der Waals surface area contributed by atoms with Gasteiger partial charge in [0.05, 0.1) is 6.61 Å². The normalized spacial score (nSPS) is 24.1. The van der Waals surface area contributed by atoms with Crippen molar-refractivity contribution in [3.63, 3.8) is 0 Å². The van der Waals surface area contributed by atoms with Crippen molar-refractivity contribution in [1.29, 1.82) is 0 Å². The molecule has 0 aromatic carbocycles. The van der Waals surface area contributed by atoms with Gasteiger partial charge in [0.25, 0.3) is 0 Å². The van der Waals surface area contributed by atoms with E-state index in [1.165, 1.54) is 19.3 Å². The highest BCUT2D eigenvalue weighted by atomic mass is 16.5. The van der Waals surface area contributed by atoms with Crippen LogP contribution in [0.1, 0.15) is 111 Å². The molecule has 2 unspecified atom stereocenters. The van der Waals surface area contributed by atoms with Gasteiger partial charge in [0.2, 0.25) is 17.7 Å². The summed E-state index contributed by atoms with van der Waals surface area (Å²) in [4.78, 5) is 54.1. The van der Waals surface area contributed by atoms with Crippen LogP contribution in [0.15, 0.2) is 0 Å². The van der Waals surface area contributed by atoms with Crippen molar-refractivity contribution in [2.24, 2.45) is 17.8 Å². The Labute approximate surface area is 225 Å². The molecule has 1 aliphatic heterocycles. The fraction of sp³-hybridized carbons (Fsp3) is 0.862. The molecule has 214 valence electrons. The van der Waals surface area contributed by atoms with E-state index in [0.717, 1.165) is 44.9 Å². The topological polar surface area (TPSA) is 105 Å². The third-order valence-corrected chi connectivity index (χ3v) is 7.17. The van der Waals surface area contributed by atoms with Crippen molar-refractivity contribution in [2.75, 3.05) is 20.7 Å². The van der Waals surface area contributed by atoms with Gasteiger partial charge in [0, 0.05) is 25.9 Å². The number of carbonyl (C=O) groups is 4. The maximum Gasteiger partial charge on any atom is 0.328 e. The number of rotatable bonds is 11. The molecule has 8 heteroatoms. The zero-order chi connectivity index (χ0) is 27.8. The van der Waals surface area contributed by atoms with Gasteiger partial charge in [-0.1, -0.05) is 72.1 Å². The number of carbonyl (C=O) groups excluding carboxylic acids is 4. The fourth-order valence-corrected chi connectivity index (χ4v) is 5.07. The molecule has 3 amide bonds. The Balaban J connectivity index is 3.18. The minimum atomic E-state index is -0.940. The summed E-state index contributed by atoms with van der Waals surface area (Å²) in [6.45, 7) is 8.10. The van der Waals surface area contributed by atoms with E-state index in [1.54, 1.807) is 25.9 Å². The minimum Gasteiger partial charge on any atom is -0.464 e. The molecule has 1 saturated heterocycles. The molecule has 8 nitrogen and oxygen atoms in total. The Hall–Kier alpha value is -2.12. The van der Waals surface area contributed by atoms with Crippen molar-refractivity contribution >= 4 is 23.7 Å². The second-order valence-electron chi connectivity index (χ2n) is 11.2. The van der Waals surface area contributed by atoms with E-state index in [0.29, 0.717) is 12.8 Å². The van der Waals surface area contributed by atoms with E-state index < -0.39 is 24.0 Å². The lowest BCUT2D eigenvalue weighted by Gasteiger charge is -2.28. The quantitative estimate of drug-likeness (QED) is 0.304. The molecule has 4 atom stereocenters. The lowest BCUT2D eigenvalue weighted by Crippen LogP contribution is -2.54. The van der Waals surface area contributed by atoms with E-state index in [1.807, 2.05) is 13.8 Å². The minimum absolute atomic E-state index is 0.0485. The van der Waals surface area contributed by atoms with Crippen molar-refractivity contribution in [3.05, 3.63) is 0 Å². The van der Waals surface area contributed by atoms with E-state index in [4.69, 9.17) is 4.74 Å². The molecule has 0 saturated carbocycles. The van der Waals surface area contributed by atoms with Crippen molar-refractivity contribution in [3.8, 4) is 0 Å². The molecule has 0 spiro atoms. The smallest absolute Gasteiger partial charge is 0.328 e. The van der Waals surface area contributed by atoms with E-state index >= 15 is 0 Å². The van der Waals surface area contributed by atoms with Crippen molar-refractivity contribution in [1.82, 2.24) is 15.5 Å². The van der Waals surface area contributed by atoms with Gasteiger partial charge in [0.15, 0.2) is 0 Å². The van der Waals surface area contributed by atoms with E-state index in [2.05, 4.69) is 17.6 Å². The number of nitrogens with one attached hydrogen (secondary N) is 2. The molecule has 1 fully saturated rings. The number of amides is 3. The molecule has 2 N–H and O–H groups in total. The molecule has 37 heavy (non-hydrogen) atoms. The lowest BCUT2D eigenvalue weighted by molar-refractivity contribution is -0.149. The van der Waals surface area contributed by atoms with Crippen LogP contribution in [0.3, 0.4) is 0 Å². The first kappa shape index (κ1) is 32.9. The summed E-state index contributed by atoms with van der Waals surface area (Å²) >= 11 is 0. The summed E-state index contributed by atoms with van der Waals surface area (Å²) in [5, 5.41) is 5.86. The Bertz CT molecular complexity index is 710. The first-order valence-electron chi connectivity index (χ1n) is 14.6. The number of hydrogen-bond donors (Lipinski definition) is 2. The second-order valence-corrected chi connectivity index (χ2v) is 11.2. The van der Waals surface area contributed by atoms with Crippen LogP contribution < -0.4 is 10.6 Å². The molecule has 0 radical (unpaired) electrons. The van der Waals surface area contributed by atoms with Crippen LogP contribution in [0, 0.1) is 17.8 Å².